The number of amides is 1. The summed E-state index contributed by atoms with van der Waals surface area (Å²) in [6, 6.07) is 10.3. The lowest BCUT2D eigenvalue weighted by atomic mass is 10.0. The van der Waals surface area contributed by atoms with Gasteiger partial charge in [-0.15, -0.1) is 0 Å². The van der Waals surface area contributed by atoms with E-state index in [1.165, 1.54) is 18.5 Å². The van der Waals surface area contributed by atoms with E-state index in [4.69, 9.17) is 0 Å². The molecular formula is C22H22FN5O3S. The molecule has 2 heterocycles. The number of aliphatic imine (C=N–C) groups is 1. The minimum Gasteiger partial charge on any atom is -0.350 e. The molecule has 0 saturated heterocycles. The SMILES string of the molecule is CC(C)[C@H](N=C1NS(=O)(=O)c2ccccc21)C(=O)NCc1ccc(-n2ccnc2)c(F)c1. The Morgan fingerprint density at radius 1 is 1.25 bits per heavy atom. The molecule has 0 saturated carbocycles. The molecule has 1 amide bonds. The van der Waals surface area contributed by atoms with Gasteiger partial charge in [0.1, 0.15) is 17.7 Å². The first-order valence-corrected chi connectivity index (χ1v) is 11.5. The second kappa shape index (κ2) is 8.54. The van der Waals surface area contributed by atoms with Crippen molar-refractivity contribution in [1.82, 2.24) is 19.6 Å². The zero-order chi connectivity index (χ0) is 22.9. The topological polar surface area (TPSA) is 105 Å². The monoisotopic (exact) mass is 455 g/mol. The van der Waals surface area contributed by atoms with E-state index in [-0.39, 0.29) is 29.1 Å². The Morgan fingerprint density at radius 3 is 2.72 bits per heavy atom. The van der Waals surface area contributed by atoms with E-state index >= 15 is 0 Å². The number of carbonyl (C=O) groups is 1. The maximum absolute atomic E-state index is 14.5. The van der Waals surface area contributed by atoms with E-state index in [2.05, 4.69) is 20.0 Å². The average Bonchev–Trinajstić information content (AvgIpc) is 3.37. The highest BCUT2D eigenvalue weighted by Crippen LogP contribution is 2.23. The van der Waals surface area contributed by atoms with Crippen molar-refractivity contribution in [2.45, 2.75) is 31.3 Å². The van der Waals surface area contributed by atoms with Crippen LogP contribution in [0.2, 0.25) is 0 Å². The van der Waals surface area contributed by atoms with Crippen molar-refractivity contribution in [3.05, 3.63) is 78.1 Å². The summed E-state index contributed by atoms with van der Waals surface area (Å²) in [6.07, 6.45) is 4.70. The summed E-state index contributed by atoms with van der Waals surface area (Å²) in [5, 5.41) is 2.77. The number of aromatic nitrogens is 2. The second-order valence-electron chi connectivity index (χ2n) is 7.74. The third kappa shape index (κ3) is 4.26. The van der Waals surface area contributed by atoms with E-state index in [1.54, 1.807) is 47.3 Å². The van der Waals surface area contributed by atoms with Crippen LogP contribution in [0.1, 0.15) is 25.0 Å². The fourth-order valence-corrected chi connectivity index (χ4v) is 4.68. The molecule has 2 aromatic carbocycles. The number of halogens is 1. The van der Waals surface area contributed by atoms with Gasteiger partial charge in [-0.2, -0.15) is 0 Å². The van der Waals surface area contributed by atoms with Crippen LogP contribution >= 0.6 is 0 Å². The molecular weight excluding hydrogens is 433 g/mol. The molecule has 0 aliphatic carbocycles. The number of benzene rings is 2. The van der Waals surface area contributed by atoms with Crippen molar-refractivity contribution < 1.29 is 17.6 Å². The van der Waals surface area contributed by atoms with Gasteiger partial charge in [-0.25, -0.2) is 17.8 Å². The molecule has 166 valence electrons. The molecule has 8 nitrogen and oxygen atoms in total. The first-order chi connectivity index (χ1) is 15.3. The van der Waals surface area contributed by atoms with E-state index in [0.29, 0.717) is 16.8 Å². The highest BCUT2D eigenvalue weighted by atomic mass is 32.2. The smallest absolute Gasteiger partial charge is 0.263 e. The molecule has 32 heavy (non-hydrogen) atoms. The molecule has 3 aromatic rings. The molecule has 0 radical (unpaired) electrons. The number of nitrogens with one attached hydrogen (secondary N) is 2. The van der Waals surface area contributed by atoms with E-state index in [0.717, 1.165) is 0 Å². The number of hydrogen-bond acceptors (Lipinski definition) is 5. The van der Waals surface area contributed by atoms with Gasteiger partial charge in [-0.05, 0) is 35.7 Å². The minimum atomic E-state index is -3.70. The van der Waals surface area contributed by atoms with Crippen LogP contribution in [0, 0.1) is 11.7 Å². The predicted molar refractivity (Wildman–Crippen MR) is 117 cm³/mol. The summed E-state index contributed by atoms with van der Waals surface area (Å²) in [6.45, 7) is 3.75. The molecule has 0 fully saturated rings. The lowest BCUT2D eigenvalue weighted by Crippen LogP contribution is -2.38. The lowest BCUT2D eigenvalue weighted by molar-refractivity contribution is -0.123. The Bertz CT molecular complexity index is 1290. The van der Waals surface area contributed by atoms with Crippen LogP contribution in [0.4, 0.5) is 4.39 Å². The Kier molecular flexibility index (Phi) is 5.79. The first-order valence-electron chi connectivity index (χ1n) is 10.0. The molecule has 1 atom stereocenters. The summed E-state index contributed by atoms with van der Waals surface area (Å²) in [7, 11) is -3.70. The van der Waals surface area contributed by atoms with Gasteiger partial charge in [-0.1, -0.05) is 32.0 Å². The zero-order valence-electron chi connectivity index (χ0n) is 17.5. The Morgan fingerprint density at radius 2 is 2.03 bits per heavy atom. The van der Waals surface area contributed by atoms with Gasteiger partial charge in [0, 0.05) is 24.5 Å². The number of rotatable bonds is 6. The highest BCUT2D eigenvalue weighted by Gasteiger charge is 2.32. The largest absolute Gasteiger partial charge is 0.350 e. The molecule has 2 N–H and O–H groups in total. The molecule has 1 aliphatic rings. The number of fused-ring (bicyclic) bond motifs is 1. The van der Waals surface area contributed by atoms with E-state index in [9.17, 15) is 17.6 Å². The molecule has 4 rings (SSSR count). The molecule has 0 unspecified atom stereocenters. The first kappa shape index (κ1) is 21.7. The number of imidazole rings is 1. The number of amidine groups is 1. The average molecular weight is 456 g/mol. The van der Waals surface area contributed by atoms with Gasteiger partial charge >= 0.3 is 0 Å². The Hall–Kier alpha value is -3.53. The fourth-order valence-electron chi connectivity index (χ4n) is 3.44. The van der Waals surface area contributed by atoms with Gasteiger partial charge in [0.15, 0.2) is 0 Å². The van der Waals surface area contributed by atoms with Gasteiger partial charge in [0.2, 0.25) is 5.91 Å². The Labute approximate surface area is 185 Å². The van der Waals surface area contributed by atoms with Gasteiger partial charge in [0.05, 0.1) is 16.9 Å². The van der Waals surface area contributed by atoms with Crippen LogP contribution in [-0.2, 0) is 21.4 Å². The van der Waals surface area contributed by atoms with Gasteiger partial charge < -0.3 is 9.88 Å². The number of sulfonamides is 1. The van der Waals surface area contributed by atoms with Crippen molar-refractivity contribution in [2.75, 3.05) is 0 Å². The molecule has 0 bridgehead atoms. The van der Waals surface area contributed by atoms with E-state index < -0.39 is 21.9 Å². The normalized spacial score (nSPS) is 16.6. The summed E-state index contributed by atoms with van der Waals surface area (Å²) in [5.74, 6) is -0.868. The van der Waals surface area contributed by atoms with Crippen molar-refractivity contribution in [3.8, 4) is 5.69 Å². The molecule has 10 heteroatoms. The number of carbonyl (C=O) groups excluding carboxylic acids is 1. The number of hydrogen-bond donors (Lipinski definition) is 2. The number of nitrogens with zero attached hydrogens (tertiary/aromatic N) is 3. The second-order valence-corrected chi connectivity index (χ2v) is 9.39. The van der Waals surface area contributed by atoms with Crippen LogP contribution in [0.5, 0.6) is 0 Å². The molecule has 0 spiro atoms. The van der Waals surface area contributed by atoms with Crippen molar-refractivity contribution in [2.24, 2.45) is 10.9 Å². The van der Waals surface area contributed by atoms with Gasteiger partial charge in [-0.3, -0.25) is 14.5 Å². The van der Waals surface area contributed by atoms with Gasteiger partial charge in [0.25, 0.3) is 10.0 Å². The summed E-state index contributed by atoms with van der Waals surface area (Å²) >= 11 is 0. The van der Waals surface area contributed by atoms with E-state index in [1.807, 2.05) is 13.8 Å². The van der Waals surface area contributed by atoms with Crippen molar-refractivity contribution >= 4 is 21.8 Å². The van der Waals surface area contributed by atoms with Crippen LogP contribution < -0.4 is 10.0 Å². The van der Waals surface area contributed by atoms with Crippen LogP contribution in [0.25, 0.3) is 5.69 Å². The molecule has 1 aliphatic heterocycles. The third-order valence-electron chi connectivity index (χ3n) is 5.09. The standard InChI is InChI=1S/C22H22FN5O3S/c1-14(2)20(26-21-16-5-3-4-6-19(16)32(30,31)27-21)22(29)25-12-15-7-8-18(17(23)11-15)28-10-9-24-13-28/h3-11,13-14,20H,12H2,1-2H3,(H,25,29)(H,26,27)/t20-/m0/s1. The summed E-state index contributed by atoms with van der Waals surface area (Å²) < 4.78 is 43.1. The Balaban J connectivity index is 1.51. The van der Waals surface area contributed by atoms with Crippen LogP contribution in [0.3, 0.4) is 0 Å². The quantitative estimate of drug-likeness (QED) is 0.595. The van der Waals surface area contributed by atoms with Crippen LogP contribution in [0.15, 0.2) is 71.1 Å². The zero-order valence-corrected chi connectivity index (χ0v) is 18.3. The summed E-state index contributed by atoms with van der Waals surface area (Å²) in [5.41, 5.74) is 1.38. The summed E-state index contributed by atoms with van der Waals surface area (Å²) in [4.78, 5) is 21.3. The third-order valence-corrected chi connectivity index (χ3v) is 6.49. The lowest BCUT2D eigenvalue weighted by Gasteiger charge is -2.17. The van der Waals surface area contributed by atoms with Crippen LogP contribution in [-0.4, -0.2) is 35.8 Å². The fraction of sp³-hybridized carbons (Fsp3) is 0.227. The maximum atomic E-state index is 14.5. The van der Waals surface area contributed by atoms with Crippen molar-refractivity contribution in [3.63, 3.8) is 0 Å². The highest BCUT2D eigenvalue weighted by molar-refractivity contribution is 7.90. The molecule has 1 aromatic heterocycles. The maximum Gasteiger partial charge on any atom is 0.263 e. The van der Waals surface area contributed by atoms with Crippen molar-refractivity contribution in [1.29, 1.82) is 0 Å². The minimum absolute atomic E-state index is 0.107. The predicted octanol–water partition coefficient (Wildman–Crippen LogP) is 2.39.